The van der Waals surface area contributed by atoms with E-state index in [1.165, 1.54) is 11.8 Å². The van der Waals surface area contributed by atoms with Gasteiger partial charge >= 0.3 is 0 Å². The third-order valence-corrected chi connectivity index (χ3v) is 2.65. The van der Waals surface area contributed by atoms with Gasteiger partial charge in [-0.2, -0.15) is 0 Å². The molecule has 0 saturated carbocycles. The highest BCUT2D eigenvalue weighted by atomic mass is 35.5. The Morgan fingerprint density at radius 2 is 2.36 bits per heavy atom. The van der Waals surface area contributed by atoms with Gasteiger partial charge in [-0.05, 0) is 29.2 Å². The third-order valence-electron chi connectivity index (χ3n) is 1.60. The second-order valence-corrected chi connectivity index (χ2v) is 4.12. The van der Waals surface area contributed by atoms with Crippen molar-refractivity contribution in [2.75, 3.05) is 0 Å². The number of halogens is 1. The van der Waals surface area contributed by atoms with E-state index in [0.29, 0.717) is 5.02 Å². The van der Waals surface area contributed by atoms with Crippen LogP contribution in [0.1, 0.15) is 5.56 Å². The van der Waals surface area contributed by atoms with Gasteiger partial charge in [0.05, 0.1) is 6.42 Å². The van der Waals surface area contributed by atoms with Crippen LogP contribution in [-0.4, -0.2) is 5.91 Å². The summed E-state index contributed by atoms with van der Waals surface area (Å²) in [5.41, 5.74) is 5.96. The van der Waals surface area contributed by atoms with Gasteiger partial charge in [0.25, 0.3) is 0 Å². The van der Waals surface area contributed by atoms with Crippen molar-refractivity contribution in [3.05, 3.63) is 40.8 Å². The van der Waals surface area contributed by atoms with Crippen LogP contribution in [0.5, 0.6) is 0 Å². The zero-order valence-electron chi connectivity index (χ0n) is 7.50. The van der Waals surface area contributed by atoms with E-state index in [2.05, 4.69) is 6.58 Å². The summed E-state index contributed by atoms with van der Waals surface area (Å²) in [6.07, 6.45) is 0.205. The second kappa shape index (κ2) is 5.08. The van der Waals surface area contributed by atoms with E-state index in [1.807, 2.05) is 6.07 Å². The number of benzene rings is 1. The van der Waals surface area contributed by atoms with Crippen LogP contribution in [0.25, 0.3) is 0 Å². The molecule has 0 bridgehead atoms. The molecule has 0 aliphatic heterocycles. The summed E-state index contributed by atoms with van der Waals surface area (Å²) >= 11 is 7.26. The van der Waals surface area contributed by atoms with Gasteiger partial charge in [-0.1, -0.05) is 29.9 Å². The Hall–Kier alpha value is -0.930. The van der Waals surface area contributed by atoms with Gasteiger partial charge in [-0.3, -0.25) is 4.79 Å². The van der Waals surface area contributed by atoms with Gasteiger partial charge in [0.15, 0.2) is 0 Å². The van der Waals surface area contributed by atoms with Crippen molar-refractivity contribution in [2.24, 2.45) is 5.73 Å². The van der Waals surface area contributed by atoms with Crippen LogP contribution >= 0.6 is 23.4 Å². The lowest BCUT2D eigenvalue weighted by molar-refractivity contribution is -0.117. The molecule has 1 rings (SSSR count). The van der Waals surface area contributed by atoms with Crippen molar-refractivity contribution < 1.29 is 4.79 Å². The molecule has 14 heavy (non-hydrogen) atoms. The number of hydrogen-bond donors (Lipinski definition) is 1. The fraction of sp³-hybridized carbons (Fsp3) is 0.100. The first-order valence-electron chi connectivity index (χ1n) is 3.97. The summed E-state index contributed by atoms with van der Waals surface area (Å²) < 4.78 is 0. The largest absolute Gasteiger partial charge is 0.369 e. The quantitative estimate of drug-likeness (QED) is 0.804. The van der Waals surface area contributed by atoms with E-state index in [-0.39, 0.29) is 12.3 Å². The van der Waals surface area contributed by atoms with Gasteiger partial charge in [0.2, 0.25) is 5.91 Å². The Morgan fingerprint density at radius 1 is 1.64 bits per heavy atom. The number of carbonyl (C=O) groups excluding carboxylic acids is 1. The minimum Gasteiger partial charge on any atom is -0.369 e. The molecule has 0 aliphatic rings. The molecule has 0 aromatic heterocycles. The van der Waals surface area contributed by atoms with E-state index in [9.17, 15) is 4.79 Å². The van der Waals surface area contributed by atoms with Crippen LogP contribution < -0.4 is 5.73 Å². The molecular weight excluding hydrogens is 218 g/mol. The minimum absolute atomic E-state index is 0.205. The highest BCUT2D eigenvalue weighted by Gasteiger charge is 2.05. The molecule has 74 valence electrons. The van der Waals surface area contributed by atoms with Crippen molar-refractivity contribution in [1.82, 2.24) is 0 Å². The number of thioether (sulfide) groups is 1. The van der Waals surface area contributed by atoms with Crippen molar-refractivity contribution in [3.8, 4) is 0 Å². The monoisotopic (exact) mass is 227 g/mol. The first-order chi connectivity index (χ1) is 6.63. The van der Waals surface area contributed by atoms with Crippen molar-refractivity contribution in [2.45, 2.75) is 11.3 Å². The molecule has 0 radical (unpaired) electrons. The molecular formula is C10H10ClNOS. The van der Waals surface area contributed by atoms with E-state index < -0.39 is 0 Å². The molecule has 2 N–H and O–H groups in total. The summed E-state index contributed by atoms with van der Waals surface area (Å²) in [6, 6.07) is 5.38. The highest BCUT2D eigenvalue weighted by molar-refractivity contribution is 8.02. The molecule has 0 saturated heterocycles. The highest BCUT2D eigenvalue weighted by Crippen LogP contribution is 2.26. The first-order valence-corrected chi connectivity index (χ1v) is 5.23. The minimum atomic E-state index is -0.363. The van der Waals surface area contributed by atoms with Crippen LogP contribution in [0.15, 0.2) is 35.1 Å². The maximum atomic E-state index is 10.8. The zero-order valence-corrected chi connectivity index (χ0v) is 9.07. The van der Waals surface area contributed by atoms with Gasteiger partial charge in [-0.15, -0.1) is 0 Å². The molecule has 2 nitrogen and oxygen atoms in total. The number of hydrogen-bond acceptors (Lipinski definition) is 2. The van der Waals surface area contributed by atoms with Crippen LogP contribution in [0.4, 0.5) is 0 Å². The van der Waals surface area contributed by atoms with Gasteiger partial charge in [0, 0.05) is 9.92 Å². The fourth-order valence-corrected chi connectivity index (χ4v) is 1.88. The summed E-state index contributed by atoms with van der Waals surface area (Å²) in [5.74, 6) is -0.363. The van der Waals surface area contributed by atoms with Crippen molar-refractivity contribution in [3.63, 3.8) is 0 Å². The molecule has 0 aliphatic carbocycles. The Bertz CT molecular complexity index is 365. The molecule has 1 aromatic carbocycles. The van der Waals surface area contributed by atoms with Crippen molar-refractivity contribution >= 4 is 29.3 Å². The van der Waals surface area contributed by atoms with Gasteiger partial charge in [0.1, 0.15) is 0 Å². The van der Waals surface area contributed by atoms with Gasteiger partial charge in [-0.25, -0.2) is 0 Å². The molecule has 0 unspecified atom stereocenters. The molecule has 4 heteroatoms. The van der Waals surface area contributed by atoms with Crippen LogP contribution in [0.2, 0.25) is 5.02 Å². The molecule has 1 amide bonds. The molecule has 0 spiro atoms. The summed E-state index contributed by atoms with van der Waals surface area (Å²) in [4.78, 5) is 11.7. The number of nitrogens with two attached hydrogens (primary N) is 1. The molecule has 0 atom stereocenters. The first kappa shape index (κ1) is 11.1. The SMILES string of the molecule is C=CSc1ccc(Cl)cc1CC(N)=O. The molecule has 1 aromatic rings. The van der Waals surface area contributed by atoms with E-state index >= 15 is 0 Å². The average Bonchev–Trinajstić information content (AvgIpc) is 2.09. The van der Waals surface area contributed by atoms with Gasteiger partial charge < -0.3 is 5.73 Å². The summed E-state index contributed by atoms with van der Waals surface area (Å²) in [5, 5.41) is 2.31. The summed E-state index contributed by atoms with van der Waals surface area (Å²) in [6.45, 7) is 3.61. The lowest BCUT2D eigenvalue weighted by Crippen LogP contribution is -2.14. The Labute approximate surface area is 92.1 Å². The lowest BCUT2D eigenvalue weighted by atomic mass is 10.1. The Balaban J connectivity index is 3.01. The number of carbonyl (C=O) groups is 1. The van der Waals surface area contributed by atoms with Crippen LogP contribution in [0, 0.1) is 0 Å². The average molecular weight is 228 g/mol. The zero-order chi connectivity index (χ0) is 10.6. The third kappa shape index (κ3) is 3.09. The number of rotatable bonds is 4. The number of amides is 1. The number of primary amides is 1. The smallest absolute Gasteiger partial charge is 0.221 e. The standard InChI is InChI=1S/C10H10ClNOS/c1-2-14-9-4-3-8(11)5-7(9)6-10(12)13/h2-5H,1,6H2,(H2,12,13). The lowest BCUT2D eigenvalue weighted by Gasteiger charge is -2.05. The Morgan fingerprint density at radius 3 is 2.93 bits per heavy atom. The topological polar surface area (TPSA) is 43.1 Å². The predicted molar refractivity (Wildman–Crippen MR) is 60.4 cm³/mol. The predicted octanol–water partition coefficient (Wildman–Crippen LogP) is 2.60. The second-order valence-electron chi connectivity index (χ2n) is 2.68. The molecule has 0 fully saturated rings. The maximum Gasteiger partial charge on any atom is 0.221 e. The Kier molecular flexibility index (Phi) is 4.04. The van der Waals surface area contributed by atoms with E-state index in [1.54, 1.807) is 17.5 Å². The van der Waals surface area contributed by atoms with Crippen LogP contribution in [0.3, 0.4) is 0 Å². The summed E-state index contributed by atoms with van der Waals surface area (Å²) in [7, 11) is 0. The van der Waals surface area contributed by atoms with E-state index in [4.69, 9.17) is 17.3 Å². The maximum absolute atomic E-state index is 10.8. The molecule has 0 heterocycles. The normalized spacial score (nSPS) is 9.79. The van der Waals surface area contributed by atoms with Crippen molar-refractivity contribution in [1.29, 1.82) is 0 Å². The fourth-order valence-electron chi connectivity index (χ4n) is 1.08. The van der Waals surface area contributed by atoms with E-state index in [0.717, 1.165) is 10.5 Å². The van der Waals surface area contributed by atoms with Crippen LogP contribution in [-0.2, 0) is 11.2 Å².